The Hall–Kier alpha value is -2.01. The zero-order chi connectivity index (χ0) is 20.2. The Morgan fingerprint density at radius 3 is 2.37 bits per heavy atom. The molecule has 144 valence electrons. The fourth-order valence-electron chi connectivity index (χ4n) is 2.10. The van der Waals surface area contributed by atoms with E-state index in [0.29, 0.717) is 17.0 Å². The van der Waals surface area contributed by atoms with Gasteiger partial charge in [-0.3, -0.25) is 10.1 Å². The molecule has 0 saturated carbocycles. The zero-order valence-corrected chi connectivity index (χ0v) is 17.7. The first-order valence-electron chi connectivity index (χ1n) is 7.77. The van der Waals surface area contributed by atoms with Gasteiger partial charge in [-0.25, -0.2) is 13.6 Å². The molecule has 0 fully saturated rings. The van der Waals surface area contributed by atoms with Crippen LogP contribution in [-0.2, 0) is 10.0 Å². The number of nitrogens with one attached hydrogen (secondary N) is 2. The molecule has 0 aromatic heterocycles. The van der Waals surface area contributed by atoms with Gasteiger partial charge in [-0.1, -0.05) is 15.9 Å². The fourth-order valence-corrected chi connectivity index (χ4v) is 3.18. The standard InChI is InChI=1S/C17H18BrN3O4S2/c1-10(2)25-15-8-3-11(18)9-14(15)16(22)21-17(26)20-12-4-6-13(7-5-12)27(19,23)24/h3-10H,1-2H3,(H2,19,23,24)(H2,20,21,22,26). The molecular weight excluding hydrogens is 454 g/mol. The van der Waals surface area contributed by atoms with Crippen molar-refractivity contribution in [2.45, 2.75) is 24.8 Å². The highest BCUT2D eigenvalue weighted by Gasteiger charge is 2.16. The van der Waals surface area contributed by atoms with Crippen molar-refractivity contribution >= 4 is 54.9 Å². The number of ether oxygens (including phenoxy) is 1. The van der Waals surface area contributed by atoms with E-state index in [0.717, 1.165) is 4.47 Å². The monoisotopic (exact) mass is 471 g/mol. The maximum atomic E-state index is 12.6. The van der Waals surface area contributed by atoms with Crippen LogP contribution in [0.25, 0.3) is 0 Å². The molecule has 27 heavy (non-hydrogen) atoms. The van der Waals surface area contributed by atoms with E-state index in [-0.39, 0.29) is 16.1 Å². The summed E-state index contributed by atoms with van der Waals surface area (Å²) in [7, 11) is -3.77. The zero-order valence-electron chi connectivity index (χ0n) is 14.5. The van der Waals surface area contributed by atoms with Gasteiger partial charge in [0.15, 0.2) is 5.11 Å². The minimum absolute atomic E-state index is 0.0207. The van der Waals surface area contributed by atoms with Gasteiger partial charge in [-0.05, 0) is 68.5 Å². The molecule has 0 aliphatic rings. The molecule has 2 rings (SSSR count). The number of primary sulfonamides is 1. The summed E-state index contributed by atoms with van der Waals surface area (Å²) in [5, 5.41) is 10.5. The minimum Gasteiger partial charge on any atom is -0.490 e. The number of benzene rings is 2. The van der Waals surface area contributed by atoms with Crippen LogP contribution < -0.4 is 20.5 Å². The van der Waals surface area contributed by atoms with Crippen LogP contribution in [0.3, 0.4) is 0 Å². The highest BCUT2D eigenvalue weighted by molar-refractivity contribution is 9.10. The lowest BCUT2D eigenvalue weighted by atomic mass is 10.2. The Morgan fingerprint density at radius 1 is 1.19 bits per heavy atom. The summed E-state index contributed by atoms with van der Waals surface area (Å²) in [5.41, 5.74) is 0.826. The SMILES string of the molecule is CC(C)Oc1ccc(Br)cc1C(=O)NC(=S)Nc1ccc(S(N)(=O)=O)cc1. The smallest absolute Gasteiger partial charge is 0.261 e. The molecule has 0 spiro atoms. The number of thiocarbonyl (C=S) groups is 1. The molecule has 2 aromatic rings. The lowest BCUT2D eigenvalue weighted by molar-refractivity contribution is 0.0972. The number of nitrogens with two attached hydrogens (primary N) is 1. The van der Waals surface area contributed by atoms with Crippen LogP contribution in [0.4, 0.5) is 5.69 Å². The summed E-state index contributed by atoms with van der Waals surface area (Å²) in [6, 6.07) is 10.8. The lowest BCUT2D eigenvalue weighted by Gasteiger charge is -2.15. The van der Waals surface area contributed by atoms with Crippen LogP contribution in [0.5, 0.6) is 5.75 Å². The van der Waals surface area contributed by atoms with Gasteiger partial charge < -0.3 is 10.1 Å². The third kappa shape index (κ3) is 6.28. The third-order valence-corrected chi connectivity index (χ3v) is 4.84. The number of carbonyl (C=O) groups excluding carboxylic acids is 1. The summed E-state index contributed by atoms with van der Waals surface area (Å²) in [6.45, 7) is 3.72. The van der Waals surface area contributed by atoms with Crippen LogP contribution in [-0.4, -0.2) is 25.5 Å². The largest absolute Gasteiger partial charge is 0.490 e. The van der Waals surface area contributed by atoms with E-state index < -0.39 is 15.9 Å². The number of rotatable bonds is 5. The molecule has 0 unspecified atom stereocenters. The summed E-state index contributed by atoms with van der Waals surface area (Å²) in [4.78, 5) is 12.5. The third-order valence-electron chi connectivity index (χ3n) is 3.22. The van der Waals surface area contributed by atoms with E-state index in [9.17, 15) is 13.2 Å². The highest BCUT2D eigenvalue weighted by atomic mass is 79.9. The van der Waals surface area contributed by atoms with Gasteiger partial charge in [-0.2, -0.15) is 0 Å². The Morgan fingerprint density at radius 2 is 1.81 bits per heavy atom. The average Bonchev–Trinajstić information content (AvgIpc) is 2.55. The number of carbonyl (C=O) groups is 1. The molecule has 0 radical (unpaired) electrons. The molecule has 1 amide bonds. The van der Waals surface area contributed by atoms with Gasteiger partial charge in [0, 0.05) is 10.2 Å². The lowest BCUT2D eigenvalue weighted by Crippen LogP contribution is -2.34. The maximum Gasteiger partial charge on any atom is 0.261 e. The van der Waals surface area contributed by atoms with E-state index in [1.807, 2.05) is 13.8 Å². The van der Waals surface area contributed by atoms with Crippen molar-refractivity contribution in [2.24, 2.45) is 5.14 Å². The van der Waals surface area contributed by atoms with Crippen molar-refractivity contribution in [1.29, 1.82) is 0 Å². The van der Waals surface area contributed by atoms with Crippen molar-refractivity contribution in [1.82, 2.24) is 5.32 Å². The quantitative estimate of drug-likeness (QED) is 0.577. The van der Waals surface area contributed by atoms with Crippen molar-refractivity contribution < 1.29 is 17.9 Å². The van der Waals surface area contributed by atoms with Crippen molar-refractivity contribution in [3.63, 3.8) is 0 Å². The van der Waals surface area contributed by atoms with Crippen molar-refractivity contribution in [3.05, 3.63) is 52.5 Å². The molecule has 2 aromatic carbocycles. The predicted octanol–water partition coefficient (Wildman–Crippen LogP) is 3.01. The van der Waals surface area contributed by atoms with Gasteiger partial charge in [0.1, 0.15) is 5.75 Å². The summed E-state index contributed by atoms with van der Waals surface area (Å²) in [5.74, 6) is -0.00314. The second-order valence-electron chi connectivity index (χ2n) is 5.78. The second kappa shape index (κ2) is 8.79. The predicted molar refractivity (Wildman–Crippen MR) is 111 cm³/mol. The molecule has 0 aliphatic carbocycles. The molecule has 4 N–H and O–H groups in total. The van der Waals surface area contributed by atoms with E-state index in [1.165, 1.54) is 24.3 Å². The van der Waals surface area contributed by atoms with E-state index in [4.69, 9.17) is 22.1 Å². The Labute approximate surface area is 171 Å². The first-order chi connectivity index (χ1) is 12.6. The van der Waals surface area contributed by atoms with Crippen LogP contribution in [0.15, 0.2) is 51.8 Å². The van der Waals surface area contributed by atoms with Gasteiger partial charge in [-0.15, -0.1) is 0 Å². The normalized spacial score (nSPS) is 11.1. The molecule has 0 aliphatic heterocycles. The van der Waals surface area contributed by atoms with Crippen LogP contribution >= 0.6 is 28.1 Å². The van der Waals surface area contributed by atoms with Gasteiger partial charge in [0.25, 0.3) is 5.91 Å². The van der Waals surface area contributed by atoms with E-state index in [2.05, 4.69) is 26.6 Å². The van der Waals surface area contributed by atoms with Crippen LogP contribution in [0.2, 0.25) is 0 Å². The second-order valence-corrected chi connectivity index (χ2v) is 8.67. The molecule has 7 nitrogen and oxygen atoms in total. The minimum atomic E-state index is -3.77. The highest BCUT2D eigenvalue weighted by Crippen LogP contribution is 2.24. The fraction of sp³-hybridized carbons (Fsp3) is 0.176. The van der Waals surface area contributed by atoms with Crippen molar-refractivity contribution in [3.8, 4) is 5.75 Å². The van der Waals surface area contributed by atoms with Crippen molar-refractivity contribution in [2.75, 3.05) is 5.32 Å². The number of halogens is 1. The number of amides is 1. The Kier molecular flexibility index (Phi) is 6.93. The molecule has 0 heterocycles. The van der Waals surface area contributed by atoms with E-state index >= 15 is 0 Å². The molecular formula is C17H18BrN3O4S2. The Balaban J connectivity index is 2.10. The summed E-state index contributed by atoms with van der Waals surface area (Å²) >= 11 is 8.47. The van der Waals surface area contributed by atoms with Gasteiger partial charge in [0.05, 0.1) is 16.6 Å². The summed E-state index contributed by atoms with van der Waals surface area (Å²) in [6.07, 6.45) is -0.0971. The van der Waals surface area contributed by atoms with Crippen LogP contribution in [0, 0.1) is 0 Å². The first-order valence-corrected chi connectivity index (χ1v) is 10.5. The number of hydrogen-bond donors (Lipinski definition) is 3. The average molecular weight is 472 g/mol. The molecule has 0 atom stereocenters. The van der Waals surface area contributed by atoms with Gasteiger partial charge in [0.2, 0.25) is 10.0 Å². The molecule has 10 heteroatoms. The number of anilines is 1. The molecule has 0 bridgehead atoms. The van der Waals surface area contributed by atoms with E-state index in [1.54, 1.807) is 18.2 Å². The number of sulfonamides is 1. The topological polar surface area (TPSA) is 111 Å². The first kappa shape index (κ1) is 21.3. The summed E-state index contributed by atoms with van der Waals surface area (Å²) < 4.78 is 28.9. The number of hydrogen-bond acceptors (Lipinski definition) is 5. The Bertz CT molecular complexity index is 961. The maximum absolute atomic E-state index is 12.6. The molecule has 0 saturated heterocycles. The van der Waals surface area contributed by atoms with Crippen LogP contribution in [0.1, 0.15) is 24.2 Å². The van der Waals surface area contributed by atoms with Gasteiger partial charge >= 0.3 is 0 Å².